The molecule has 23 heavy (non-hydrogen) atoms. The number of aliphatic imine (C=N–C) groups is 1. The van der Waals surface area contributed by atoms with Crippen LogP contribution in [0.5, 0.6) is 0 Å². The zero-order chi connectivity index (χ0) is 18.0. The Bertz CT molecular complexity index is 403. The molecule has 0 aliphatic carbocycles. The molecule has 0 bridgehead atoms. The minimum Gasteiger partial charge on any atom is -0.370 e. The molecule has 1 atom stereocenters. The van der Waals surface area contributed by atoms with Crippen LogP contribution in [0.4, 0.5) is 0 Å². The van der Waals surface area contributed by atoms with Gasteiger partial charge in [-0.25, -0.2) is 0 Å². The topological polar surface area (TPSA) is 114 Å². The average molecular weight is 327 g/mol. The molecule has 0 fully saturated rings. The molecule has 0 aromatic carbocycles. The maximum atomic E-state index is 12.5. The highest BCUT2D eigenvalue weighted by Crippen LogP contribution is 2.14. The minimum atomic E-state index is -0.421. The second-order valence-electron chi connectivity index (χ2n) is 6.34. The van der Waals surface area contributed by atoms with E-state index in [1.165, 1.54) is 6.92 Å². The van der Waals surface area contributed by atoms with Crippen LogP contribution in [0.25, 0.3) is 0 Å². The van der Waals surface area contributed by atoms with E-state index in [-0.39, 0.29) is 23.6 Å². The second-order valence-corrected chi connectivity index (χ2v) is 6.34. The molecule has 0 heterocycles. The number of amides is 1. The number of hydrogen-bond donors (Lipinski definition) is 3. The third-order valence-electron chi connectivity index (χ3n) is 3.51. The van der Waals surface area contributed by atoms with Crippen molar-refractivity contribution in [3.8, 4) is 0 Å². The zero-order valence-electron chi connectivity index (χ0n) is 15.1. The van der Waals surface area contributed by atoms with E-state index in [4.69, 9.17) is 11.5 Å². The van der Waals surface area contributed by atoms with Gasteiger partial charge in [-0.05, 0) is 12.8 Å². The first-order valence-electron chi connectivity index (χ1n) is 8.26. The van der Waals surface area contributed by atoms with Gasteiger partial charge in [0.25, 0.3) is 0 Å². The van der Waals surface area contributed by atoms with Gasteiger partial charge in [0, 0.05) is 38.5 Å². The molecule has 0 spiro atoms. The van der Waals surface area contributed by atoms with Gasteiger partial charge in [0.05, 0.1) is 6.04 Å². The number of Topliss-reactive ketones (excluding diaryl/α,β-unsaturated/α-hetero) is 1. The maximum Gasteiger partial charge on any atom is 0.220 e. The third kappa shape index (κ3) is 9.18. The highest BCUT2D eigenvalue weighted by atomic mass is 16.2. The van der Waals surface area contributed by atoms with Crippen LogP contribution in [0.3, 0.4) is 0 Å². The predicted molar refractivity (Wildman–Crippen MR) is 94.1 cm³/mol. The first-order chi connectivity index (χ1) is 10.7. The highest BCUT2D eigenvalue weighted by molar-refractivity contribution is 5.89. The number of ketones is 1. The Hall–Kier alpha value is -1.63. The largest absolute Gasteiger partial charge is 0.370 e. The van der Waals surface area contributed by atoms with Crippen LogP contribution in [0.2, 0.25) is 0 Å². The number of carbonyl (C=O) groups excluding carboxylic acids is 2. The van der Waals surface area contributed by atoms with Gasteiger partial charge in [-0.15, -0.1) is 0 Å². The SMILES string of the molecule is CC(=O)N(CCNC(C)C)[C@H](CCCN=C(N)N)C(=O)C(C)C. The summed E-state index contributed by atoms with van der Waals surface area (Å²) in [5, 5.41) is 3.28. The summed E-state index contributed by atoms with van der Waals surface area (Å²) in [4.78, 5) is 30.1. The van der Waals surface area contributed by atoms with E-state index >= 15 is 0 Å². The Morgan fingerprint density at radius 3 is 2.22 bits per heavy atom. The van der Waals surface area contributed by atoms with Crippen LogP contribution in [0.1, 0.15) is 47.5 Å². The van der Waals surface area contributed by atoms with Gasteiger partial charge < -0.3 is 21.7 Å². The average Bonchev–Trinajstić information content (AvgIpc) is 2.43. The molecule has 134 valence electrons. The van der Waals surface area contributed by atoms with Gasteiger partial charge in [0.15, 0.2) is 11.7 Å². The molecule has 0 aliphatic rings. The lowest BCUT2D eigenvalue weighted by atomic mass is 9.96. The van der Waals surface area contributed by atoms with Crippen LogP contribution >= 0.6 is 0 Å². The van der Waals surface area contributed by atoms with E-state index in [0.717, 1.165) is 0 Å². The third-order valence-corrected chi connectivity index (χ3v) is 3.51. The minimum absolute atomic E-state index is 0.0429. The lowest BCUT2D eigenvalue weighted by Gasteiger charge is -2.31. The number of rotatable bonds is 11. The molecule has 0 rings (SSSR count). The molecule has 7 nitrogen and oxygen atoms in total. The molecule has 1 amide bonds. The van der Waals surface area contributed by atoms with Crippen LogP contribution in [-0.2, 0) is 9.59 Å². The fourth-order valence-corrected chi connectivity index (χ4v) is 2.34. The molecule has 5 N–H and O–H groups in total. The van der Waals surface area contributed by atoms with E-state index in [1.54, 1.807) is 4.90 Å². The summed E-state index contributed by atoms with van der Waals surface area (Å²) in [5.41, 5.74) is 10.6. The molecule has 0 saturated carbocycles. The van der Waals surface area contributed by atoms with Gasteiger partial charge in [-0.3, -0.25) is 14.6 Å². The van der Waals surface area contributed by atoms with Gasteiger partial charge in [-0.1, -0.05) is 27.7 Å². The predicted octanol–water partition coefficient (Wildman–Crippen LogP) is 0.480. The summed E-state index contributed by atoms with van der Waals surface area (Å²) in [6, 6.07) is -0.0828. The Morgan fingerprint density at radius 1 is 1.17 bits per heavy atom. The molecule has 0 aliphatic heterocycles. The van der Waals surface area contributed by atoms with Crippen molar-refractivity contribution in [1.29, 1.82) is 0 Å². The Morgan fingerprint density at radius 2 is 1.78 bits per heavy atom. The fourth-order valence-electron chi connectivity index (χ4n) is 2.34. The molecule has 0 unspecified atom stereocenters. The summed E-state index contributed by atoms with van der Waals surface area (Å²) in [7, 11) is 0. The summed E-state index contributed by atoms with van der Waals surface area (Å²) < 4.78 is 0. The fraction of sp³-hybridized carbons (Fsp3) is 0.812. The second kappa shape index (κ2) is 11.0. The summed E-state index contributed by atoms with van der Waals surface area (Å²) >= 11 is 0. The smallest absolute Gasteiger partial charge is 0.220 e. The Balaban J connectivity index is 4.91. The molecular formula is C16H33N5O2. The van der Waals surface area contributed by atoms with E-state index in [0.29, 0.717) is 38.5 Å². The van der Waals surface area contributed by atoms with Crippen molar-refractivity contribution in [3.63, 3.8) is 0 Å². The van der Waals surface area contributed by atoms with E-state index in [9.17, 15) is 9.59 Å². The van der Waals surface area contributed by atoms with Crippen molar-refractivity contribution in [1.82, 2.24) is 10.2 Å². The van der Waals surface area contributed by atoms with Gasteiger partial charge in [-0.2, -0.15) is 0 Å². The first-order valence-corrected chi connectivity index (χ1v) is 8.26. The van der Waals surface area contributed by atoms with Gasteiger partial charge in [0.1, 0.15) is 0 Å². The van der Waals surface area contributed by atoms with Crippen LogP contribution in [-0.4, -0.2) is 54.3 Å². The summed E-state index contributed by atoms with van der Waals surface area (Å²) in [6.07, 6.45) is 1.22. The molecule has 7 heteroatoms. The Kier molecular flexibility index (Phi) is 10.2. The summed E-state index contributed by atoms with van der Waals surface area (Å²) in [5.74, 6) is -0.0878. The van der Waals surface area contributed by atoms with Crippen molar-refractivity contribution in [3.05, 3.63) is 0 Å². The normalized spacial score (nSPS) is 12.3. The molecule has 0 saturated heterocycles. The van der Waals surface area contributed by atoms with Gasteiger partial charge in [0.2, 0.25) is 5.91 Å². The van der Waals surface area contributed by atoms with Crippen LogP contribution < -0.4 is 16.8 Å². The first kappa shape index (κ1) is 21.4. The zero-order valence-corrected chi connectivity index (χ0v) is 15.1. The van der Waals surface area contributed by atoms with Crippen molar-refractivity contribution >= 4 is 17.6 Å². The van der Waals surface area contributed by atoms with E-state index < -0.39 is 6.04 Å². The van der Waals surface area contributed by atoms with Crippen molar-refractivity contribution in [2.75, 3.05) is 19.6 Å². The lowest BCUT2D eigenvalue weighted by Crippen LogP contribution is -2.48. The molecule has 0 aromatic heterocycles. The quantitative estimate of drug-likeness (QED) is 0.290. The van der Waals surface area contributed by atoms with Gasteiger partial charge >= 0.3 is 0 Å². The van der Waals surface area contributed by atoms with E-state index in [2.05, 4.69) is 10.3 Å². The van der Waals surface area contributed by atoms with E-state index in [1.807, 2.05) is 27.7 Å². The number of guanidine groups is 1. The van der Waals surface area contributed by atoms with Crippen LogP contribution in [0, 0.1) is 5.92 Å². The van der Waals surface area contributed by atoms with Crippen molar-refractivity contribution < 1.29 is 9.59 Å². The number of carbonyl (C=O) groups is 2. The molecular weight excluding hydrogens is 294 g/mol. The Labute approximate surface area is 139 Å². The number of nitrogens with one attached hydrogen (secondary N) is 1. The number of hydrogen-bond acceptors (Lipinski definition) is 4. The van der Waals surface area contributed by atoms with Crippen LogP contribution in [0.15, 0.2) is 4.99 Å². The molecule has 0 radical (unpaired) electrons. The monoisotopic (exact) mass is 327 g/mol. The van der Waals surface area contributed by atoms with Crippen molar-refractivity contribution in [2.24, 2.45) is 22.4 Å². The lowest BCUT2D eigenvalue weighted by molar-refractivity contribution is -0.139. The summed E-state index contributed by atoms with van der Waals surface area (Å²) in [6.45, 7) is 10.9. The number of nitrogens with zero attached hydrogens (tertiary/aromatic N) is 2. The number of nitrogens with two attached hydrogens (primary N) is 2. The van der Waals surface area contributed by atoms with Crippen molar-refractivity contribution in [2.45, 2.75) is 59.5 Å². The highest BCUT2D eigenvalue weighted by Gasteiger charge is 2.28. The molecule has 0 aromatic rings. The standard InChI is InChI=1S/C16H33N5O2/c1-11(2)15(23)14(7-6-8-20-16(17)18)21(13(5)22)10-9-19-12(3)4/h11-12,14,19H,6-10H2,1-5H3,(H4,17,18,20)/t14-/m1/s1. The maximum absolute atomic E-state index is 12.5.